The minimum Gasteiger partial charge on any atom is -1.00 e. The van der Waals surface area contributed by atoms with E-state index in [1.165, 1.54) is 5.69 Å². The van der Waals surface area contributed by atoms with Crippen molar-refractivity contribution in [2.24, 2.45) is 0 Å². The lowest BCUT2D eigenvalue weighted by atomic mass is 9.79. The zero-order valence-electron chi connectivity index (χ0n) is 14.4. The average molecular weight is 300 g/mol. The molecule has 0 saturated carbocycles. The third-order valence-electron chi connectivity index (χ3n) is 3.49. The van der Waals surface area contributed by atoms with Gasteiger partial charge in [0.2, 0.25) is 0 Å². The van der Waals surface area contributed by atoms with Gasteiger partial charge >= 0.3 is 0 Å². The van der Waals surface area contributed by atoms with Crippen LogP contribution in [0.15, 0.2) is 12.1 Å². The number of quaternary nitrogens is 1. The van der Waals surface area contributed by atoms with Gasteiger partial charge in [0.1, 0.15) is 11.4 Å². The summed E-state index contributed by atoms with van der Waals surface area (Å²) in [5, 5.41) is 10.6. The molecule has 0 unspecified atom stereocenters. The monoisotopic (exact) mass is 299 g/mol. The summed E-state index contributed by atoms with van der Waals surface area (Å²) in [5.74, 6) is 0.456. The molecule has 0 aliphatic carbocycles. The Morgan fingerprint density at radius 1 is 0.800 bits per heavy atom. The molecule has 0 heterocycles. The first kappa shape index (κ1) is 19.3. The van der Waals surface area contributed by atoms with Crippen LogP contribution in [0.25, 0.3) is 0 Å². The van der Waals surface area contributed by atoms with E-state index in [0.717, 1.165) is 15.6 Å². The van der Waals surface area contributed by atoms with Crippen molar-refractivity contribution in [2.45, 2.75) is 52.4 Å². The Morgan fingerprint density at radius 2 is 1.10 bits per heavy atom. The van der Waals surface area contributed by atoms with Gasteiger partial charge in [-0.1, -0.05) is 41.5 Å². The first-order chi connectivity index (χ1) is 8.24. The predicted octanol–water partition coefficient (Wildman–Crippen LogP) is 1.19. The Hall–Kier alpha value is -0.730. The van der Waals surface area contributed by atoms with Crippen LogP contribution in [0.4, 0.5) is 5.69 Å². The van der Waals surface area contributed by atoms with Gasteiger partial charge in [0.05, 0.1) is 21.1 Å². The lowest BCUT2D eigenvalue weighted by Gasteiger charge is -2.31. The van der Waals surface area contributed by atoms with E-state index in [2.05, 4.69) is 74.8 Å². The topological polar surface area (TPSA) is 20.2 Å². The van der Waals surface area contributed by atoms with E-state index >= 15 is 0 Å². The smallest absolute Gasteiger partial charge is 0.133 e. The highest BCUT2D eigenvalue weighted by atomic mass is 35.5. The molecule has 2 nitrogen and oxygen atoms in total. The highest BCUT2D eigenvalue weighted by Crippen LogP contribution is 2.42. The Morgan fingerprint density at radius 3 is 1.30 bits per heavy atom. The summed E-state index contributed by atoms with van der Waals surface area (Å²) in [7, 11) is 6.47. The van der Waals surface area contributed by atoms with Crippen molar-refractivity contribution in [2.75, 3.05) is 21.1 Å². The maximum atomic E-state index is 10.6. The third kappa shape index (κ3) is 4.13. The van der Waals surface area contributed by atoms with Gasteiger partial charge in [-0.3, -0.25) is 4.48 Å². The fourth-order valence-corrected chi connectivity index (χ4v) is 2.15. The molecular weight excluding hydrogens is 270 g/mol. The minimum atomic E-state index is -0.0603. The van der Waals surface area contributed by atoms with Crippen molar-refractivity contribution in [3.05, 3.63) is 23.3 Å². The number of aromatic hydroxyl groups is 1. The molecule has 1 N–H and O–H groups in total. The molecule has 1 aromatic carbocycles. The number of phenols is 1. The van der Waals surface area contributed by atoms with Gasteiger partial charge in [0.25, 0.3) is 0 Å². The summed E-state index contributed by atoms with van der Waals surface area (Å²) in [5.41, 5.74) is 3.17. The van der Waals surface area contributed by atoms with Gasteiger partial charge in [-0.15, -0.1) is 0 Å². The molecule has 0 aliphatic heterocycles. The Bertz CT molecular complexity index is 438. The van der Waals surface area contributed by atoms with Gasteiger partial charge in [-0.25, -0.2) is 0 Å². The number of halogens is 1. The molecule has 0 aliphatic rings. The number of benzene rings is 1. The fourth-order valence-electron chi connectivity index (χ4n) is 2.15. The minimum absolute atomic E-state index is 0. The van der Waals surface area contributed by atoms with E-state index in [0.29, 0.717) is 5.75 Å². The Balaban J connectivity index is 0.00000361. The number of nitrogens with zero attached hydrogens (tertiary/aromatic N) is 1. The van der Waals surface area contributed by atoms with E-state index in [9.17, 15) is 5.11 Å². The molecule has 1 aromatic rings. The van der Waals surface area contributed by atoms with Crippen LogP contribution >= 0.6 is 0 Å². The molecular formula is C17H30ClNO. The number of rotatable bonds is 1. The van der Waals surface area contributed by atoms with Crippen molar-refractivity contribution in [3.63, 3.8) is 0 Å². The van der Waals surface area contributed by atoms with Crippen molar-refractivity contribution in [1.82, 2.24) is 4.48 Å². The fraction of sp³-hybridized carbons (Fsp3) is 0.647. The molecule has 0 radical (unpaired) electrons. The maximum absolute atomic E-state index is 10.6. The summed E-state index contributed by atoms with van der Waals surface area (Å²) in [4.78, 5) is 0. The van der Waals surface area contributed by atoms with Crippen LogP contribution in [0, 0.1) is 0 Å². The molecule has 0 fully saturated rings. The normalized spacial score (nSPS) is 13.1. The molecule has 3 heteroatoms. The van der Waals surface area contributed by atoms with Gasteiger partial charge < -0.3 is 17.5 Å². The van der Waals surface area contributed by atoms with E-state index in [1.54, 1.807) is 0 Å². The van der Waals surface area contributed by atoms with Gasteiger partial charge in [0, 0.05) is 23.3 Å². The summed E-state index contributed by atoms with van der Waals surface area (Å²) in [6.45, 7) is 12.9. The second-order valence-corrected chi connectivity index (χ2v) is 8.40. The first-order valence-electron chi connectivity index (χ1n) is 6.94. The lowest BCUT2D eigenvalue weighted by Crippen LogP contribution is -3.00. The molecule has 0 atom stereocenters. The second-order valence-electron chi connectivity index (χ2n) is 8.40. The van der Waals surface area contributed by atoms with Crippen LogP contribution in [-0.4, -0.2) is 26.2 Å². The third-order valence-corrected chi connectivity index (χ3v) is 3.49. The zero-order chi connectivity index (χ0) is 15.2. The largest absolute Gasteiger partial charge is 1.00 e. The van der Waals surface area contributed by atoms with Gasteiger partial charge in [-0.05, 0) is 10.8 Å². The van der Waals surface area contributed by atoms with Crippen LogP contribution in [0.3, 0.4) is 0 Å². The molecule has 0 bridgehead atoms. The van der Waals surface area contributed by atoms with Crippen molar-refractivity contribution in [1.29, 1.82) is 0 Å². The van der Waals surface area contributed by atoms with E-state index in [4.69, 9.17) is 0 Å². The molecule has 1 rings (SSSR count). The summed E-state index contributed by atoms with van der Waals surface area (Å²) >= 11 is 0. The predicted molar refractivity (Wildman–Crippen MR) is 85.1 cm³/mol. The van der Waals surface area contributed by atoms with Crippen LogP contribution in [0.5, 0.6) is 5.75 Å². The van der Waals surface area contributed by atoms with Crippen LogP contribution in [0.2, 0.25) is 0 Å². The molecule has 0 amide bonds. The van der Waals surface area contributed by atoms with E-state index in [-0.39, 0.29) is 23.2 Å². The SMILES string of the molecule is CC(C)(C)c1cc([N+](C)(C)C)cc(C(C)(C)C)c1O.[Cl-]. The second kappa shape index (κ2) is 5.57. The summed E-state index contributed by atoms with van der Waals surface area (Å²) < 4.78 is 0.756. The summed E-state index contributed by atoms with van der Waals surface area (Å²) in [6.07, 6.45) is 0. The highest BCUT2D eigenvalue weighted by Gasteiger charge is 2.29. The van der Waals surface area contributed by atoms with Gasteiger partial charge in [-0.2, -0.15) is 0 Å². The van der Waals surface area contributed by atoms with Crippen molar-refractivity contribution >= 4 is 5.69 Å². The number of hydrogen-bond donors (Lipinski definition) is 1. The Kier molecular flexibility index (Phi) is 5.37. The quantitative estimate of drug-likeness (QED) is 0.773. The molecule has 0 saturated heterocycles. The van der Waals surface area contributed by atoms with Crippen LogP contribution in [-0.2, 0) is 10.8 Å². The van der Waals surface area contributed by atoms with E-state index in [1.807, 2.05) is 0 Å². The summed E-state index contributed by atoms with van der Waals surface area (Å²) in [6, 6.07) is 4.29. The molecule has 20 heavy (non-hydrogen) atoms. The zero-order valence-corrected chi connectivity index (χ0v) is 15.2. The standard InChI is InChI=1S/C17H29NO.ClH/c1-16(2,3)13-10-12(18(7,8)9)11-14(15(13)19)17(4,5)6;/h10-11H,1-9H3;1H. The van der Waals surface area contributed by atoms with Crippen molar-refractivity contribution in [3.8, 4) is 5.75 Å². The highest BCUT2D eigenvalue weighted by molar-refractivity contribution is 5.58. The van der Waals surface area contributed by atoms with Gasteiger partial charge in [0.15, 0.2) is 0 Å². The molecule has 0 spiro atoms. The lowest BCUT2D eigenvalue weighted by molar-refractivity contribution is -0.00000647. The first-order valence-corrected chi connectivity index (χ1v) is 6.94. The van der Waals surface area contributed by atoms with Crippen molar-refractivity contribution < 1.29 is 17.5 Å². The van der Waals surface area contributed by atoms with Crippen LogP contribution < -0.4 is 16.9 Å². The number of phenolic OH excluding ortho intramolecular Hbond substituents is 1. The maximum Gasteiger partial charge on any atom is 0.133 e. The number of hydrogen-bond acceptors (Lipinski definition) is 1. The Labute approximate surface area is 130 Å². The molecule has 116 valence electrons. The van der Waals surface area contributed by atoms with E-state index < -0.39 is 0 Å². The average Bonchev–Trinajstić information content (AvgIpc) is 2.11. The van der Waals surface area contributed by atoms with Crippen LogP contribution in [0.1, 0.15) is 52.7 Å². The molecule has 0 aromatic heterocycles.